The highest BCUT2D eigenvalue weighted by atomic mass is 32.2. The van der Waals surface area contributed by atoms with Crippen LogP contribution >= 0.6 is 11.8 Å². The number of ether oxygens (including phenoxy) is 1. The van der Waals surface area contributed by atoms with E-state index in [0.717, 1.165) is 0 Å². The summed E-state index contributed by atoms with van der Waals surface area (Å²) < 4.78 is 4.55. The second kappa shape index (κ2) is 7.82. The van der Waals surface area contributed by atoms with Crippen LogP contribution in [-0.2, 0) is 23.9 Å². The largest absolute Gasteiger partial charge is 0.478 e. The van der Waals surface area contributed by atoms with Crippen molar-refractivity contribution in [3.63, 3.8) is 0 Å². The minimum absolute atomic E-state index is 0.132. The molecule has 2 N–H and O–H groups in total. The van der Waals surface area contributed by atoms with Crippen LogP contribution in [0.3, 0.4) is 0 Å². The fraction of sp³-hybridized carbons (Fsp3) is 0.538. The number of amides is 1. The lowest BCUT2D eigenvalue weighted by atomic mass is 10.2. The van der Waals surface area contributed by atoms with Gasteiger partial charge in [0.05, 0.1) is 18.9 Å². The number of thioether (sulfide) groups is 1. The molecular formula is C13H17NO6S. The molecule has 0 spiro atoms. The summed E-state index contributed by atoms with van der Waals surface area (Å²) in [6, 6.07) is 0. The predicted molar refractivity (Wildman–Crippen MR) is 75.8 cm³/mol. The van der Waals surface area contributed by atoms with Gasteiger partial charge in [0, 0.05) is 23.3 Å². The lowest BCUT2D eigenvalue weighted by molar-refractivity contribution is -0.139. The lowest BCUT2D eigenvalue weighted by Crippen LogP contribution is -2.16. The van der Waals surface area contributed by atoms with Gasteiger partial charge in [-0.05, 0) is 13.3 Å². The molecule has 0 aromatic rings. The molecule has 0 radical (unpaired) electrons. The van der Waals surface area contributed by atoms with Crippen molar-refractivity contribution in [1.29, 1.82) is 0 Å². The number of carbonyl (C=O) groups is 4. The van der Waals surface area contributed by atoms with Crippen molar-refractivity contribution < 1.29 is 29.0 Å². The molecule has 1 atom stereocenters. The van der Waals surface area contributed by atoms with E-state index in [2.05, 4.69) is 10.1 Å². The van der Waals surface area contributed by atoms with Crippen molar-refractivity contribution >= 4 is 35.4 Å². The number of carboxylic acids is 1. The van der Waals surface area contributed by atoms with Gasteiger partial charge in [-0.15, -0.1) is 11.8 Å². The van der Waals surface area contributed by atoms with E-state index < -0.39 is 11.2 Å². The number of carbonyl (C=O) groups excluding carboxylic acids is 3. The summed E-state index contributed by atoms with van der Waals surface area (Å²) in [5.74, 6) is -1.14. The number of rotatable bonds is 5. The van der Waals surface area contributed by atoms with Crippen molar-refractivity contribution in [3.8, 4) is 0 Å². The first-order valence-electron chi connectivity index (χ1n) is 6.31. The van der Waals surface area contributed by atoms with Crippen molar-refractivity contribution in [2.45, 2.75) is 25.0 Å². The van der Waals surface area contributed by atoms with Crippen molar-refractivity contribution in [2.75, 3.05) is 19.4 Å². The Labute approximate surface area is 126 Å². The van der Waals surface area contributed by atoms with Gasteiger partial charge < -0.3 is 15.2 Å². The van der Waals surface area contributed by atoms with Gasteiger partial charge in [0.25, 0.3) is 0 Å². The fourth-order valence-corrected chi connectivity index (χ4v) is 2.57. The summed E-state index contributed by atoms with van der Waals surface area (Å²) in [6.45, 7) is 2.26. The number of methoxy groups -OCH3 is 1. The monoisotopic (exact) mass is 315 g/mol. The molecule has 2 aliphatic rings. The molecule has 1 aliphatic carbocycles. The molecule has 1 heterocycles. The SMILES string of the molecule is COC(=O)C(C)SCC1=C(C(=O)O)CCC1=O.O=C1CN1. The van der Waals surface area contributed by atoms with Gasteiger partial charge in [-0.2, -0.15) is 0 Å². The van der Waals surface area contributed by atoms with Gasteiger partial charge in [-0.1, -0.05) is 0 Å². The summed E-state index contributed by atoms with van der Waals surface area (Å²) >= 11 is 1.21. The van der Waals surface area contributed by atoms with Gasteiger partial charge >= 0.3 is 11.9 Å². The third-order valence-electron chi connectivity index (χ3n) is 2.89. The maximum atomic E-state index is 11.5. The molecule has 1 amide bonds. The second-order valence-corrected chi connectivity index (χ2v) is 5.77. The van der Waals surface area contributed by atoms with Crippen LogP contribution in [0.25, 0.3) is 0 Å². The van der Waals surface area contributed by atoms with Crippen LogP contribution in [0.1, 0.15) is 19.8 Å². The van der Waals surface area contributed by atoms with Crippen LogP contribution in [-0.4, -0.2) is 53.4 Å². The first-order valence-corrected chi connectivity index (χ1v) is 7.36. The summed E-state index contributed by atoms with van der Waals surface area (Å²) in [7, 11) is 1.29. The third kappa shape index (κ3) is 5.58. The van der Waals surface area contributed by atoms with Gasteiger partial charge in [0.15, 0.2) is 5.78 Å². The average Bonchev–Trinajstić information content (AvgIpc) is 3.13. The molecule has 1 saturated heterocycles. The van der Waals surface area contributed by atoms with Crippen LogP contribution < -0.4 is 5.32 Å². The van der Waals surface area contributed by atoms with Crippen LogP contribution in [0.15, 0.2) is 11.1 Å². The Kier molecular flexibility index (Phi) is 6.41. The van der Waals surface area contributed by atoms with Gasteiger partial charge in [-0.25, -0.2) is 4.79 Å². The number of Topliss-reactive ketones (excluding diaryl/α,β-unsaturated/α-hetero) is 1. The highest BCUT2D eigenvalue weighted by Gasteiger charge is 2.28. The predicted octanol–water partition coefficient (Wildman–Crippen LogP) is 0.141. The van der Waals surface area contributed by atoms with Crippen LogP contribution in [0, 0.1) is 0 Å². The number of ketones is 1. The van der Waals surface area contributed by atoms with E-state index in [0.29, 0.717) is 12.1 Å². The zero-order valence-electron chi connectivity index (χ0n) is 11.8. The molecule has 7 nitrogen and oxygen atoms in total. The van der Waals surface area contributed by atoms with E-state index >= 15 is 0 Å². The van der Waals surface area contributed by atoms with Crippen LogP contribution in [0.5, 0.6) is 0 Å². The second-order valence-electron chi connectivity index (χ2n) is 4.44. The first kappa shape index (κ1) is 17.2. The van der Waals surface area contributed by atoms with E-state index in [1.54, 1.807) is 6.92 Å². The normalized spacial score (nSPS) is 17.6. The molecule has 0 bridgehead atoms. The molecule has 8 heteroatoms. The van der Waals surface area contributed by atoms with E-state index in [1.807, 2.05) is 0 Å². The number of esters is 1. The lowest BCUT2D eigenvalue weighted by Gasteiger charge is -2.09. The number of hydrogen-bond acceptors (Lipinski definition) is 6. The van der Waals surface area contributed by atoms with Crippen molar-refractivity contribution in [2.24, 2.45) is 0 Å². The topological polar surface area (TPSA) is 120 Å². The molecular weight excluding hydrogens is 298 g/mol. The zero-order valence-corrected chi connectivity index (χ0v) is 12.6. The minimum Gasteiger partial charge on any atom is -0.478 e. The Morgan fingerprint density at radius 3 is 2.38 bits per heavy atom. The summed E-state index contributed by atoms with van der Waals surface area (Å²) in [4.78, 5) is 43.0. The Morgan fingerprint density at radius 2 is 1.95 bits per heavy atom. The maximum absolute atomic E-state index is 11.5. The zero-order chi connectivity index (χ0) is 16.0. The molecule has 1 aliphatic heterocycles. The first-order chi connectivity index (χ1) is 9.86. The minimum atomic E-state index is -1.04. The van der Waals surface area contributed by atoms with E-state index in [9.17, 15) is 19.2 Å². The standard InChI is InChI=1S/C11H14O5S.C2H3NO/c1-6(11(15)16-2)17-5-8-7(10(13)14)3-4-9(8)12;4-2-1-3-2/h6H,3-5H2,1-2H3,(H,13,14);1H2,(H,3,4). The van der Waals surface area contributed by atoms with E-state index in [-0.39, 0.29) is 41.8 Å². The Bertz CT molecular complexity index is 493. The highest BCUT2D eigenvalue weighted by molar-refractivity contribution is 8.00. The number of aliphatic carboxylic acids is 1. The smallest absolute Gasteiger partial charge is 0.332 e. The Hall–Kier alpha value is -1.83. The van der Waals surface area contributed by atoms with E-state index in [4.69, 9.17) is 5.11 Å². The molecule has 116 valence electrons. The van der Waals surface area contributed by atoms with Crippen LogP contribution in [0.2, 0.25) is 0 Å². The molecule has 1 fully saturated rings. The molecule has 21 heavy (non-hydrogen) atoms. The molecule has 0 aromatic carbocycles. The highest BCUT2D eigenvalue weighted by Crippen LogP contribution is 2.27. The number of nitrogens with one attached hydrogen (secondary N) is 1. The van der Waals surface area contributed by atoms with E-state index in [1.165, 1.54) is 18.9 Å². The molecule has 1 unspecified atom stereocenters. The molecule has 0 saturated carbocycles. The van der Waals surface area contributed by atoms with Crippen molar-refractivity contribution in [1.82, 2.24) is 5.32 Å². The third-order valence-corrected chi connectivity index (χ3v) is 4.04. The van der Waals surface area contributed by atoms with Gasteiger partial charge in [0.2, 0.25) is 5.91 Å². The Balaban J connectivity index is 0.000000471. The summed E-state index contributed by atoms with van der Waals surface area (Å²) in [5, 5.41) is 11.0. The maximum Gasteiger partial charge on any atom is 0.332 e. The number of hydrogen-bond donors (Lipinski definition) is 2. The molecule has 0 aromatic heterocycles. The molecule has 2 rings (SSSR count). The fourth-order valence-electron chi connectivity index (χ4n) is 1.59. The van der Waals surface area contributed by atoms with Gasteiger partial charge in [0.1, 0.15) is 0 Å². The quantitative estimate of drug-likeness (QED) is 0.547. The summed E-state index contributed by atoms with van der Waals surface area (Å²) in [6.07, 6.45) is 0.542. The Morgan fingerprint density at radius 1 is 1.38 bits per heavy atom. The summed E-state index contributed by atoms with van der Waals surface area (Å²) in [5.41, 5.74) is 0.512. The van der Waals surface area contributed by atoms with Crippen molar-refractivity contribution in [3.05, 3.63) is 11.1 Å². The van der Waals surface area contributed by atoms with Gasteiger partial charge in [-0.3, -0.25) is 14.4 Å². The average molecular weight is 315 g/mol. The number of carboxylic acid groups (broad SMARTS) is 1. The van der Waals surface area contributed by atoms with Crippen LogP contribution in [0.4, 0.5) is 0 Å².